The zero-order chi connectivity index (χ0) is 10.8. The number of benzene rings is 1. The van der Waals surface area contributed by atoms with Gasteiger partial charge >= 0.3 is 0 Å². The van der Waals surface area contributed by atoms with Crippen LogP contribution in [0.4, 0.5) is 0 Å². The largest absolute Gasteiger partial charge is 0.237 e. The summed E-state index contributed by atoms with van der Waals surface area (Å²) in [4.78, 5) is 8.58. The molecule has 1 heterocycles. The summed E-state index contributed by atoms with van der Waals surface area (Å²) in [5, 5.41) is 0. The van der Waals surface area contributed by atoms with Crippen LogP contribution in [0.2, 0.25) is 0 Å². The lowest BCUT2D eigenvalue weighted by Gasteiger charge is -2.09. The normalized spacial score (nSPS) is 10.3. The minimum atomic E-state index is 0.812. The molecule has 0 atom stereocenters. The van der Waals surface area contributed by atoms with Crippen molar-refractivity contribution in [2.24, 2.45) is 0 Å². The number of hydrogen-bond donors (Lipinski definition) is 0. The van der Waals surface area contributed by atoms with Crippen LogP contribution in [-0.2, 0) is 0 Å². The Bertz CT molecular complexity index is 452. The van der Waals surface area contributed by atoms with Crippen molar-refractivity contribution in [2.45, 2.75) is 20.8 Å². The Kier molecular flexibility index (Phi) is 2.50. The molecular weight excluding hydrogens is 184 g/mol. The Morgan fingerprint density at radius 2 is 1.40 bits per heavy atom. The number of aryl methyl sites for hydroxylation is 3. The van der Waals surface area contributed by atoms with Gasteiger partial charge in [-0.15, -0.1) is 0 Å². The molecular formula is C13H14N2. The molecule has 0 aliphatic heterocycles. The molecule has 0 aliphatic rings. The van der Waals surface area contributed by atoms with Gasteiger partial charge in [0.25, 0.3) is 0 Å². The Labute approximate surface area is 90.0 Å². The van der Waals surface area contributed by atoms with Crippen molar-refractivity contribution in [3.05, 3.63) is 47.3 Å². The van der Waals surface area contributed by atoms with E-state index < -0.39 is 0 Å². The van der Waals surface area contributed by atoms with Crippen molar-refractivity contribution >= 4 is 0 Å². The molecule has 0 aliphatic carbocycles. The second-order valence-corrected chi connectivity index (χ2v) is 3.85. The predicted octanol–water partition coefficient (Wildman–Crippen LogP) is 3.07. The Morgan fingerprint density at radius 1 is 0.867 bits per heavy atom. The summed E-state index contributed by atoms with van der Waals surface area (Å²) < 4.78 is 0. The van der Waals surface area contributed by atoms with Crippen LogP contribution in [0.5, 0.6) is 0 Å². The van der Waals surface area contributed by atoms with Crippen LogP contribution in [0.3, 0.4) is 0 Å². The predicted molar refractivity (Wildman–Crippen MR) is 61.7 cm³/mol. The quantitative estimate of drug-likeness (QED) is 0.703. The molecule has 0 N–H and O–H groups in total. The summed E-state index contributed by atoms with van der Waals surface area (Å²) in [5.74, 6) is 0.812. The molecule has 0 spiro atoms. The van der Waals surface area contributed by atoms with E-state index in [0.29, 0.717) is 0 Å². The lowest BCUT2D eigenvalue weighted by Crippen LogP contribution is -1.94. The average molecular weight is 198 g/mol. The van der Waals surface area contributed by atoms with Crippen LogP contribution in [0.15, 0.2) is 30.6 Å². The number of aromatic nitrogens is 2. The Balaban J connectivity index is 2.64. The standard InChI is InChI=1S/C13H14N2/c1-9-7-10(2)12(11(3)8-9)13-14-5-4-6-15-13/h4-8H,1-3H3. The minimum Gasteiger partial charge on any atom is -0.237 e. The van der Waals surface area contributed by atoms with Crippen molar-refractivity contribution in [2.75, 3.05) is 0 Å². The maximum atomic E-state index is 4.29. The molecule has 0 saturated carbocycles. The molecule has 2 heteroatoms. The second kappa shape index (κ2) is 3.81. The molecule has 2 aromatic rings. The summed E-state index contributed by atoms with van der Waals surface area (Å²) in [5.41, 5.74) is 4.91. The molecule has 1 aromatic heterocycles. The third-order valence-electron chi connectivity index (χ3n) is 2.47. The van der Waals surface area contributed by atoms with Gasteiger partial charge in [0.05, 0.1) is 0 Å². The summed E-state index contributed by atoms with van der Waals surface area (Å²) in [6.45, 7) is 6.31. The van der Waals surface area contributed by atoms with Crippen molar-refractivity contribution in [3.63, 3.8) is 0 Å². The van der Waals surface area contributed by atoms with E-state index in [2.05, 4.69) is 42.9 Å². The van der Waals surface area contributed by atoms with Gasteiger partial charge < -0.3 is 0 Å². The van der Waals surface area contributed by atoms with Crippen LogP contribution >= 0.6 is 0 Å². The Hall–Kier alpha value is -1.70. The van der Waals surface area contributed by atoms with Crippen LogP contribution in [-0.4, -0.2) is 9.97 Å². The third-order valence-corrected chi connectivity index (χ3v) is 2.47. The summed E-state index contributed by atoms with van der Waals surface area (Å²) in [6, 6.07) is 6.17. The van der Waals surface area contributed by atoms with Crippen molar-refractivity contribution in [1.29, 1.82) is 0 Å². The summed E-state index contributed by atoms with van der Waals surface area (Å²) in [7, 11) is 0. The molecule has 0 fully saturated rings. The maximum Gasteiger partial charge on any atom is 0.159 e. The van der Waals surface area contributed by atoms with Gasteiger partial charge in [0.2, 0.25) is 0 Å². The minimum absolute atomic E-state index is 0.812. The topological polar surface area (TPSA) is 25.8 Å². The van der Waals surface area contributed by atoms with Gasteiger partial charge in [-0.05, 0) is 38.0 Å². The molecule has 2 nitrogen and oxygen atoms in total. The van der Waals surface area contributed by atoms with E-state index in [1.54, 1.807) is 12.4 Å². The first kappa shape index (κ1) is 9.84. The van der Waals surface area contributed by atoms with Crippen molar-refractivity contribution in [3.8, 4) is 11.4 Å². The van der Waals surface area contributed by atoms with Gasteiger partial charge in [0.15, 0.2) is 5.82 Å². The van der Waals surface area contributed by atoms with Gasteiger partial charge in [-0.2, -0.15) is 0 Å². The zero-order valence-corrected chi connectivity index (χ0v) is 9.28. The second-order valence-electron chi connectivity index (χ2n) is 3.85. The zero-order valence-electron chi connectivity index (χ0n) is 9.28. The van der Waals surface area contributed by atoms with Gasteiger partial charge in [-0.1, -0.05) is 17.7 Å². The van der Waals surface area contributed by atoms with Crippen molar-refractivity contribution in [1.82, 2.24) is 9.97 Å². The molecule has 0 amide bonds. The highest BCUT2D eigenvalue weighted by Crippen LogP contribution is 2.24. The van der Waals surface area contributed by atoms with E-state index in [1.807, 2.05) is 6.07 Å². The van der Waals surface area contributed by atoms with Gasteiger partial charge in [-0.3, -0.25) is 0 Å². The van der Waals surface area contributed by atoms with E-state index in [0.717, 1.165) is 11.4 Å². The smallest absolute Gasteiger partial charge is 0.159 e. The molecule has 0 saturated heterocycles. The number of nitrogens with zero attached hydrogens (tertiary/aromatic N) is 2. The molecule has 0 unspecified atom stereocenters. The molecule has 0 radical (unpaired) electrons. The molecule has 76 valence electrons. The van der Waals surface area contributed by atoms with Gasteiger partial charge in [0, 0.05) is 18.0 Å². The first-order valence-electron chi connectivity index (χ1n) is 5.03. The van der Waals surface area contributed by atoms with E-state index in [9.17, 15) is 0 Å². The van der Waals surface area contributed by atoms with E-state index in [-0.39, 0.29) is 0 Å². The van der Waals surface area contributed by atoms with E-state index >= 15 is 0 Å². The first-order valence-corrected chi connectivity index (χ1v) is 5.03. The lowest BCUT2D eigenvalue weighted by molar-refractivity contribution is 1.15. The highest BCUT2D eigenvalue weighted by Gasteiger charge is 2.07. The average Bonchev–Trinajstić information content (AvgIpc) is 2.17. The Morgan fingerprint density at radius 3 is 1.93 bits per heavy atom. The fraction of sp³-hybridized carbons (Fsp3) is 0.231. The van der Waals surface area contributed by atoms with Crippen LogP contribution < -0.4 is 0 Å². The number of hydrogen-bond acceptors (Lipinski definition) is 2. The van der Waals surface area contributed by atoms with E-state index in [1.165, 1.54) is 16.7 Å². The first-order chi connectivity index (χ1) is 7.18. The molecule has 15 heavy (non-hydrogen) atoms. The molecule has 1 aromatic carbocycles. The fourth-order valence-electron chi connectivity index (χ4n) is 1.96. The van der Waals surface area contributed by atoms with Crippen LogP contribution in [0.25, 0.3) is 11.4 Å². The van der Waals surface area contributed by atoms with Gasteiger partial charge in [0.1, 0.15) is 0 Å². The number of rotatable bonds is 1. The fourth-order valence-corrected chi connectivity index (χ4v) is 1.96. The summed E-state index contributed by atoms with van der Waals surface area (Å²) in [6.07, 6.45) is 3.56. The maximum absolute atomic E-state index is 4.29. The van der Waals surface area contributed by atoms with Crippen LogP contribution in [0, 0.1) is 20.8 Å². The third kappa shape index (κ3) is 1.89. The highest BCUT2D eigenvalue weighted by atomic mass is 14.9. The molecule has 2 rings (SSSR count). The lowest BCUT2D eigenvalue weighted by atomic mass is 9.99. The highest BCUT2D eigenvalue weighted by molar-refractivity contribution is 5.64. The van der Waals surface area contributed by atoms with Crippen LogP contribution in [0.1, 0.15) is 16.7 Å². The summed E-state index contributed by atoms with van der Waals surface area (Å²) >= 11 is 0. The van der Waals surface area contributed by atoms with Crippen molar-refractivity contribution < 1.29 is 0 Å². The van der Waals surface area contributed by atoms with Gasteiger partial charge in [-0.25, -0.2) is 9.97 Å². The monoisotopic (exact) mass is 198 g/mol. The SMILES string of the molecule is Cc1cc(C)c(-c2ncccn2)c(C)c1. The van der Waals surface area contributed by atoms with E-state index in [4.69, 9.17) is 0 Å². The molecule has 0 bridgehead atoms.